The Morgan fingerprint density at radius 1 is 1.29 bits per heavy atom. The molecule has 4 rings (SSSR count). The van der Waals surface area contributed by atoms with Crippen molar-refractivity contribution in [1.29, 1.82) is 0 Å². The van der Waals surface area contributed by atoms with Gasteiger partial charge in [-0.1, -0.05) is 0 Å². The number of likely N-dealkylation sites (N-methyl/N-ethyl adjacent to an activating group) is 1. The molecule has 3 aliphatic heterocycles. The molecule has 3 saturated heterocycles. The molecule has 132 valence electrons. The maximum absolute atomic E-state index is 12.5. The van der Waals surface area contributed by atoms with Crippen LogP contribution in [0.25, 0.3) is 0 Å². The number of ether oxygens (including phenoxy) is 1. The van der Waals surface area contributed by atoms with Gasteiger partial charge in [-0.2, -0.15) is 11.3 Å². The van der Waals surface area contributed by atoms with Crippen LogP contribution in [0.1, 0.15) is 18.4 Å². The summed E-state index contributed by atoms with van der Waals surface area (Å²) in [5, 5.41) is 4.37. The van der Waals surface area contributed by atoms with E-state index in [4.69, 9.17) is 4.74 Å². The Kier molecular flexibility index (Phi) is 4.90. The first-order valence-electron chi connectivity index (χ1n) is 9.02. The maximum atomic E-state index is 12.5. The molecule has 3 aliphatic rings. The molecule has 24 heavy (non-hydrogen) atoms. The Hall–Kier alpha value is -0.950. The van der Waals surface area contributed by atoms with Gasteiger partial charge in [0.15, 0.2) is 0 Å². The smallest absolute Gasteiger partial charge is 0.225 e. The molecule has 5 nitrogen and oxygen atoms in total. The second kappa shape index (κ2) is 7.12. The Bertz CT molecular complexity index is 543. The molecule has 3 fully saturated rings. The third-order valence-electron chi connectivity index (χ3n) is 5.63. The number of hydrogen-bond acceptors (Lipinski definition) is 5. The number of piperazine rings is 1. The number of nitrogens with zero attached hydrogens (tertiary/aromatic N) is 3. The van der Waals surface area contributed by atoms with Crippen molar-refractivity contribution in [2.75, 3.05) is 46.3 Å². The van der Waals surface area contributed by atoms with Gasteiger partial charge in [0.1, 0.15) is 0 Å². The van der Waals surface area contributed by atoms with Gasteiger partial charge in [0, 0.05) is 51.7 Å². The van der Waals surface area contributed by atoms with Gasteiger partial charge in [0.05, 0.1) is 18.6 Å². The molecule has 4 heterocycles. The standard InChI is InChI=1S/C18H27N3O2S/c1-19-3-5-21(6-4-19)18(22)9-16-8-15-11-20(12-17(15)23-16)10-14-2-7-24-13-14/h2,7,13,15-17H,3-6,8-12H2,1H3/t15-,16+,17+/m0/s1. The van der Waals surface area contributed by atoms with Crippen LogP contribution >= 0.6 is 11.3 Å². The lowest BCUT2D eigenvalue weighted by atomic mass is 10.0. The van der Waals surface area contributed by atoms with E-state index in [0.717, 1.165) is 52.2 Å². The van der Waals surface area contributed by atoms with Crippen molar-refractivity contribution >= 4 is 17.2 Å². The summed E-state index contributed by atoms with van der Waals surface area (Å²) < 4.78 is 6.22. The molecule has 1 aromatic rings. The first-order chi connectivity index (χ1) is 11.7. The van der Waals surface area contributed by atoms with Crippen LogP contribution in [0.2, 0.25) is 0 Å². The minimum Gasteiger partial charge on any atom is -0.373 e. The number of amides is 1. The van der Waals surface area contributed by atoms with E-state index in [1.807, 2.05) is 4.90 Å². The topological polar surface area (TPSA) is 36.0 Å². The van der Waals surface area contributed by atoms with Crippen molar-refractivity contribution in [3.8, 4) is 0 Å². The third kappa shape index (κ3) is 3.67. The van der Waals surface area contributed by atoms with E-state index in [2.05, 4.69) is 33.7 Å². The minimum absolute atomic E-state index is 0.135. The predicted molar refractivity (Wildman–Crippen MR) is 95.1 cm³/mol. The second-order valence-corrected chi connectivity index (χ2v) is 8.29. The molecule has 1 amide bonds. The zero-order chi connectivity index (χ0) is 16.5. The van der Waals surface area contributed by atoms with Crippen LogP contribution in [0.5, 0.6) is 0 Å². The zero-order valence-electron chi connectivity index (χ0n) is 14.4. The van der Waals surface area contributed by atoms with Gasteiger partial charge in [-0.3, -0.25) is 9.69 Å². The Labute approximate surface area is 148 Å². The Morgan fingerprint density at radius 2 is 2.12 bits per heavy atom. The number of hydrogen-bond donors (Lipinski definition) is 0. The number of likely N-dealkylation sites (tertiary alicyclic amines) is 1. The summed E-state index contributed by atoms with van der Waals surface area (Å²) in [6.45, 7) is 6.86. The van der Waals surface area contributed by atoms with Crippen molar-refractivity contribution in [2.45, 2.75) is 31.6 Å². The molecule has 0 spiro atoms. The zero-order valence-corrected chi connectivity index (χ0v) is 15.2. The molecule has 0 N–H and O–H groups in total. The quantitative estimate of drug-likeness (QED) is 0.825. The summed E-state index contributed by atoms with van der Waals surface area (Å²) in [5.74, 6) is 0.886. The fraction of sp³-hybridized carbons (Fsp3) is 0.722. The van der Waals surface area contributed by atoms with Gasteiger partial charge in [-0.15, -0.1) is 0 Å². The van der Waals surface area contributed by atoms with Crippen molar-refractivity contribution < 1.29 is 9.53 Å². The highest BCUT2D eigenvalue weighted by molar-refractivity contribution is 7.07. The molecule has 0 bridgehead atoms. The molecule has 3 atom stereocenters. The summed E-state index contributed by atoms with van der Waals surface area (Å²) >= 11 is 1.76. The van der Waals surface area contributed by atoms with Crippen LogP contribution < -0.4 is 0 Å². The van der Waals surface area contributed by atoms with Gasteiger partial charge < -0.3 is 14.5 Å². The van der Waals surface area contributed by atoms with Gasteiger partial charge in [-0.25, -0.2) is 0 Å². The van der Waals surface area contributed by atoms with Gasteiger partial charge >= 0.3 is 0 Å². The molecule has 1 aromatic heterocycles. The largest absolute Gasteiger partial charge is 0.373 e. The second-order valence-electron chi connectivity index (χ2n) is 7.51. The fourth-order valence-electron chi connectivity index (χ4n) is 4.23. The summed E-state index contributed by atoms with van der Waals surface area (Å²) in [5.41, 5.74) is 1.40. The van der Waals surface area contributed by atoms with Crippen LogP contribution in [0.3, 0.4) is 0 Å². The lowest BCUT2D eigenvalue weighted by Gasteiger charge is -2.33. The SMILES string of the molecule is CN1CCN(C(=O)C[C@H]2C[C@H]3CN(Cc4ccsc4)C[C@H]3O2)CC1. The highest BCUT2D eigenvalue weighted by Gasteiger charge is 2.42. The van der Waals surface area contributed by atoms with Crippen LogP contribution in [0.4, 0.5) is 0 Å². The normalized spacial score (nSPS) is 31.5. The van der Waals surface area contributed by atoms with Crippen LogP contribution in [-0.4, -0.2) is 79.1 Å². The number of rotatable bonds is 4. The Morgan fingerprint density at radius 3 is 2.83 bits per heavy atom. The molecule has 0 aromatic carbocycles. The lowest BCUT2D eigenvalue weighted by molar-refractivity contribution is -0.135. The number of carbonyl (C=O) groups is 1. The van der Waals surface area contributed by atoms with E-state index in [-0.39, 0.29) is 12.0 Å². The summed E-state index contributed by atoms with van der Waals surface area (Å²) in [6, 6.07) is 2.21. The first-order valence-corrected chi connectivity index (χ1v) is 9.97. The van der Waals surface area contributed by atoms with Crippen LogP contribution in [0, 0.1) is 5.92 Å². The Balaban J connectivity index is 1.23. The third-order valence-corrected chi connectivity index (χ3v) is 6.37. The van der Waals surface area contributed by atoms with Crippen molar-refractivity contribution in [3.63, 3.8) is 0 Å². The van der Waals surface area contributed by atoms with E-state index < -0.39 is 0 Å². The lowest BCUT2D eigenvalue weighted by Crippen LogP contribution is -2.47. The molecule has 0 aliphatic carbocycles. The van der Waals surface area contributed by atoms with E-state index in [1.54, 1.807) is 11.3 Å². The van der Waals surface area contributed by atoms with Gasteiger partial charge in [0.2, 0.25) is 5.91 Å². The minimum atomic E-state index is 0.135. The summed E-state index contributed by atoms with van der Waals surface area (Å²) in [7, 11) is 2.12. The summed E-state index contributed by atoms with van der Waals surface area (Å²) in [4.78, 5) is 19.3. The molecular formula is C18H27N3O2S. The molecule has 0 radical (unpaired) electrons. The molecule has 6 heteroatoms. The van der Waals surface area contributed by atoms with Crippen molar-refractivity contribution in [3.05, 3.63) is 22.4 Å². The van der Waals surface area contributed by atoms with Crippen molar-refractivity contribution in [2.24, 2.45) is 5.92 Å². The van der Waals surface area contributed by atoms with Gasteiger partial charge in [0.25, 0.3) is 0 Å². The molecular weight excluding hydrogens is 322 g/mol. The van der Waals surface area contributed by atoms with E-state index >= 15 is 0 Å². The fourth-order valence-corrected chi connectivity index (χ4v) is 4.89. The molecule has 0 saturated carbocycles. The van der Waals surface area contributed by atoms with E-state index in [1.165, 1.54) is 5.56 Å². The average molecular weight is 350 g/mol. The number of fused-ring (bicyclic) bond motifs is 1. The molecule has 0 unspecified atom stereocenters. The van der Waals surface area contributed by atoms with E-state index in [0.29, 0.717) is 18.4 Å². The number of thiophene rings is 1. The van der Waals surface area contributed by atoms with Crippen molar-refractivity contribution in [1.82, 2.24) is 14.7 Å². The highest BCUT2D eigenvalue weighted by atomic mass is 32.1. The maximum Gasteiger partial charge on any atom is 0.225 e. The first kappa shape index (κ1) is 16.5. The average Bonchev–Trinajstić information content (AvgIpc) is 3.25. The van der Waals surface area contributed by atoms with Gasteiger partial charge in [-0.05, 0) is 35.9 Å². The summed E-state index contributed by atoms with van der Waals surface area (Å²) in [6.07, 6.45) is 2.08. The van der Waals surface area contributed by atoms with Crippen LogP contribution in [0.15, 0.2) is 16.8 Å². The highest BCUT2D eigenvalue weighted by Crippen LogP contribution is 2.35. The monoisotopic (exact) mass is 349 g/mol. The number of carbonyl (C=O) groups excluding carboxylic acids is 1. The predicted octanol–water partition coefficient (Wildman–Crippen LogP) is 1.50. The van der Waals surface area contributed by atoms with E-state index in [9.17, 15) is 4.79 Å². The van der Waals surface area contributed by atoms with Crippen LogP contribution in [-0.2, 0) is 16.1 Å².